The van der Waals surface area contributed by atoms with Gasteiger partial charge >= 0.3 is 12.1 Å². The lowest BCUT2D eigenvalue weighted by atomic mass is 10.0. The van der Waals surface area contributed by atoms with Crippen molar-refractivity contribution in [3.8, 4) is 0 Å². The van der Waals surface area contributed by atoms with E-state index in [2.05, 4.69) is 26.6 Å². The number of benzene rings is 1. The molecule has 2 unspecified atom stereocenters. The van der Waals surface area contributed by atoms with Gasteiger partial charge in [-0.2, -0.15) is 0 Å². The van der Waals surface area contributed by atoms with E-state index in [0.717, 1.165) is 18.7 Å². The molecule has 2 heterocycles. The van der Waals surface area contributed by atoms with E-state index in [4.69, 9.17) is 4.74 Å². The lowest BCUT2D eigenvalue weighted by molar-refractivity contribution is -0.139. The highest BCUT2D eigenvalue weighted by atomic mass is 19.1. The first-order valence-electron chi connectivity index (χ1n) is 12.5. The Kier molecular flexibility index (Phi) is 10.3. The highest BCUT2D eigenvalue weighted by Gasteiger charge is 2.24. The van der Waals surface area contributed by atoms with Crippen LogP contribution in [0, 0.1) is 11.6 Å². The first-order valence-corrected chi connectivity index (χ1v) is 12.5. The van der Waals surface area contributed by atoms with Gasteiger partial charge in [0.2, 0.25) is 5.43 Å². The third-order valence-corrected chi connectivity index (χ3v) is 6.03. The molecule has 2 atom stereocenters. The third-order valence-electron chi connectivity index (χ3n) is 6.03. The number of nitrogens with one attached hydrogen (secondary N) is 5. The Balaban J connectivity index is 1.74. The van der Waals surface area contributed by atoms with Crippen LogP contribution in [0.25, 0.3) is 10.9 Å². The average Bonchev–Trinajstić information content (AvgIpc) is 2.90. The molecule has 2 amide bonds. The van der Waals surface area contributed by atoms with Crippen molar-refractivity contribution in [2.24, 2.45) is 7.05 Å². The zero-order valence-corrected chi connectivity index (χ0v) is 21.6. The van der Waals surface area contributed by atoms with Crippen molar-refractivity contribution in [1.29, 1.82) is 0 Å². The summed E-state index contributed by atoms with van der Waals surface area (Å²) in [5, 5.41) is 22.6. The molecule has 0 saturated carbocycles. The maximum Gasteiger partial charge on any atom is 0.407 e. The summed E-state index contributed by atoms with van der Waals surface area (Å²) in [6.45, 7) is 2.30. The smallest absolute Gasteiger partial charge is 0.407 e. The predicted octanol–water partition coefficient (Wildman–Crippen LogP) is 0.648. The standard InChI is InChI=1S/C25H32F2N6O6/c1-3-4-10-39-25(38)32-18(23(36)37)12-31-22(35)16-13-33(2)20-15(21(16)34)11-17(26)14(19(20)27)6-9-30-24-28-7-5-8-29-24/h5,7,11,13,18,24,28-30H,3-4,6,8-10,12H2,1-2H3,(H,31,35)(H,32,38)(H,36,37). The number of fused-ring (bicyclic) bond motifs is 1. The molecule has 0 bridgehead atoms. The molecule has 1 aliphatic heterocycles. The number of amides is 2. The predicted molar refractivity (Wildman–Crippen MR) is 138 cm³/mol. The molecule has 39 heavy (non-hydrogen) atoms. The Bertz CT molecular complexity index is 1310. The number of carboxylic acids is 1. The van der Waals surface area contributed by atoms with Gasteiger partial charge in [-0.05, 0) is 25.1 Å². The van der Waals surface area contributed by atoms with Gasteiger partial charge in [0, 0.05) is 38.4 Å². The van der Waals surface area contributed by atoms with Crippen LogP contribution in [0.3, 0.4) is 0 Å². The number of rotatable bonds is 12. The number of carboxylic acid groups (broad SMARTS) is 1. The summed E-state index contributed by atoms with van der Waals surface area (Å²) >= 11 is 0. The van der Waals surface area contributed by atoms with E-state index in [1.54, 1.807) is 6.20 Å². The minimum absolute atomic E-state index is 0.00192. The minimum Gasteiger partial charge on any atom is -0.480 e. The summed E-state index contributed by atoms with van der Waals surface area (Å²) in [4.78, 5) is 49.0. The highest BCUT2D eigenvalue weighted by molar-refractivity contribution is 5.97. The van der Waals surface area contributed by atoms with Crippen LogP contribution in [0.2, 0.25) is 0 Å². The number of hydrogen-bond acceptors (Lipinski definition) is 8. The maximum absolute atomic E-state index is 15.4. The van der Waals surface area contributed by atoms with Crippen molar-refractivity contribution in [2.75, 3.05) is 26.2 Å². The summed E-state index contributed by atoms with van der Waals surface area (Å²) in [7, 11) is 1.40. The van der Waals surface area contributed by atoms with E-state index in [-0.39, 0.29) is 42.3 Å². The quantitative estimate of drug-likeness (QED) is 0.208. The lowest BCUT2D eigenvalue weighted by Crippen LogP contribution is -2.53. The summed E-state index contributed by atoms with van der Waals surface area (Å²) in [6.07, 6.45) is 4.87. The Morgan fingerprint density at radius 1 is 1.31 bits per heavy atom. The summed E-state index contributed by atoms with van der Waals surface area (Å²) in [6, 6.07) is -0.644. The fourth-order valence-corrected chi connectivity index (χ4v) is 3.94. The number of halogens is 2. The zero-order valence-electron chi connectivity index (χ0n) is 21.6. The van der Waals surface area contributed by atoms with Crippen LogP contribution in [0.4, 0.5) is 13.6 Å². The first-order chi connectivity index (χ1) is 18.6. The van der Waals surface area contributed by atoms with E-state index >= 15 is 4.39 Å². The minimum atomic E-state index is -1.53. The van der Waals surface area contributed by atoms with Crippen LogP contribution in [0.15, 0.2) is 29.3 Å². The number of aliphatic carboxylic acids is 1. The number of pyridine rings is 1. The van der Waals surface area contributed by atoms with E-state index in [0.29, 0.717) is 13.0 Å². The number of ether oxygens (including phenoxy) is 1. The molecule has 0 saturated heterocycles. The summed E-state index contributed by atoms with van der Waals surface area (Å²) in [5.41, 5.74) is -1.76. The van der Waals surface area contributed by atoms with Crippen LogP contribution in [0.1, 0.15) is 35.7 Å². The number of nitrogens with zero attached hydrogens (tertiary/aromatic N) is 1. The van der Waals surface area contributed by atoms with Crippen LogP contribution in [0.5, 0.6) is 0 Å². The van der Waals surface area contributed by atoms with Gasteiger partial charge < -0.3 is 30.4 Å². The second-order valence-electron chi connectivity index (χ2n) is 8.88. The number of alkyl carbamates (subject to hydrolysis) is 1. The van der Waals surface area contributed by atoms with Crippen molar-refractivity contribution in [2.45, 2.75) is 38.5 Å². The molecule has 12 nitrogen and oxygen atoms in total. The summed E-state index contributed by atoms with van der Waals surface area (Å²) < 4.78 is 36.3. The molecule has 0 fully saturated rings. The fourth-order valence-electron chi connectivity index (χ4n) is 3.94. The topological polar surface area (TPSA) is 163 Å². The molecule has 1 aromatic heterocycles. The summed E-state index contributed by atoms with van der Waals surface area (Å²) in [5.74, 6) is -4.26. The SMILES string of the molecule is CCCCOC(=O)NC(CNC(=O)c1cn(C)c2c(F)c(CCNC3NC=CCN3)c(F)cc2c1=O)C(=O)O. The largest absolute Gasteiger partial charge is 0.480 e. The molecule has 1 aromatic carbocycles. The molecule has 6 N–H and O–H groups in total. The van der Waals surface area contributed by atoms with E-state index in [1.807, 2.05) is 13.0 Å². The van der Waals surface area contributed by atoms with Gasteiger partial charge in [0.1, 0.15) is 23.7 Å². The third kappa shape index (κ3) is 7.51. The van der Waals surface area contributed by atoms with Crippen LogP contribution < -0.4 is 32.0 Å². The Hall–Kier alpha value is -4.04. The second-order valence-corrected chi connectivity index (χ2v) is 8.88. The lowest BCUT2D eigenvalue weighted by Gasteiger charge is -2.23. The first kappa shape index (κ1) is 29.5. The average molecular weight is 551 g/mol. The molecule has 0 aliphatic carbocycles. The highest BCUT2D eigenvalue weighted by Crippen LogP contribution is 2.23. The number of carbonyl (C=O) groups is 3. The Morgan fingerprint density at radius 2 is 2.08 bits per heavy atom. The van der Waals surface area contributed by atoms with Gasteiger partial charge in [0.15, 0.2) is 5.82 Å². The molecule has 3 rings (SSSR count). The number of aromatic nitrogens is 1. The molecular weight excluding hydrogens is 518 g/mol. The zero-order chi connectivity index (χ0) is 28.5. The molecule has 0 spiro atoms. The number of aryl methyl sites for hydroxylation is 1. The van der Waals surface area contributed by atoms with Crippen molar-refractivity contribution in [1.82, 2.24) is 31.2 Å². The van der Waals surface area contributed by atoms with E-state index in [9.17, 15) is 28.7 Å². The maximum atomic E-state index is 15.4. The monoisotopic (exact) mass is 550 g/mol. The normalized spacial score (nSPS) is 15.4. The molecule has 2 aromatic rings. The van der Waals surface area contributed by atoms with Crippen molar-refractivity contribution < 1.29 is 33.0 Å². The van der Waals surface area contributed by atoms with Crippen LogP contribution >= 0.6 is 0 Å². The van der Waals surface area contributed by atoms with Gasteiger partial charge in [-0.25, -0.2) is 18.4 Å². The molecule has 0 radical (unpaired) electrons. The van der Waals surface area contributed by atoms with Crippen LogP contribution in [-0.4, -0.2) is 66.2 Å². The molecular formula is C25H32F2N6O6. The van der Waals surface area contributed by atoms with E-state index in [1.165, 1.54) is 11.6 Å². The fraction of sp³-hybridized carbons (Fsp3) is 0.440. The molecule has 14 heteroatoms. The van der Waals surface area contributed by atoms with Gasteiger partial charge in [-0.15, -0.1) is 0 Å². The van der Waals surface area contributed by atoms with Gasteiger partial charge in [-0.1, -0.05) is 19.4 Å². The number of unbranched alkanes of at least 4 members (excludes halogenated alkanes) is 1. The Morgan fingerprint density at radius 3 is 2.74 bits per heavy atom. The Labute approximate surface area is 222 Å². The van der Waals surface area contributed by atoms with Gasteiger partial charge in [0.05, 0.1) is 17.5 Å². The molecule has 1 aliphatic rings. The van der Waals surface area contributed by atoms with Crippen molar-refractivity contribution in [3.63, 3.8) is 0 Å². The van der Waals surface area contributed by atoms with Crippen LogP contribution in [-0.2, 0) is 23.0 Å². The second kappa shape index (κ2) is 13.7. The molecule has 212 valence electrons. The van der Waals surface area contributed by atoms with Gasteiger partial charge in [0.25, 0.3) is 5.91 Å². The number of carbonyl (C=O) groups excluding carboxylic acids is 2. The van der Waals surface area contributed by atoms with Crippen molar-refractivity contribution in [3.05, 3.63) is 57.5 Å². The van der Waals surface area contributed by atoms with Gasteiger partial charge in [-0.3, -0.25) is 20.2 Å². The van der Waals surface area contributed by atoms with E-state index < -0.39 is 53.2 Å². The van der Waals surface area contributed by atoms with Crippen molar-refractivity contribution >= 4 is 28.9 Å². The number of hydrogen-bond donors (Lipinski definition) is 6.